The highest BCUT2D eigenvalue weighted by molar-refractivity contribution is 7.09. The van der Waals surface area contributed by atoms with Gasteiger partial charge in [0.2, 0.25) is 0 Å². The summed E-state index contributed by atoms with van der Waals surface area (Å²) < 4.78 is 5.17. The number of thiazole rings is 1. The number of aryl methyl sites for hydroxylation is 1. The van der Waals surface area contributed by atoms with Gasteiger partial charge >= 0.3 is 5.97 Å². The molecule has 2 rings (SSSR count). The van der Waals surface area contributed by atoms with Crippen molar-refractivity contribution in [1.82, 2.24) is 9.97 Å². The second-order valence-corrected chi connectivity index (χ2v) is 4.42. The van der Waals surface area contributed by atoms with Gasteiger partial charge in [-0.25, -0.2) is 9.78 Å². The highest BCUT2D eigenvalue weighted by atomic mass is 32.1. The second kappa shape index (κ2) is 5.54. The largest absolute Gasteiger partial charge is 0.462 e. The van der Waals surface area contributed by atoms with Crippen LogP contribution in [0.2, 0.25) is 0 Å². The molecule has 0 bridgehead atoms. The Balaban J connectivity index is 1.84. The van der Waals surface area contributed by atoms with Crippen molar-refractivity contribution in [2.24, 2.45) is 0 Å². The third-order valence-electron chi connectivity index (χ3n) is 2.32. The van der Waals surface area contributed by atoms with E-state index in [9.17, 15) is 4.79 Å². The van der Waals surface area contributed by atoms with E-state index in [4.69, 9.17) is 4.74 Å². The van der Waals surface area contributed by atoms with Crippen LogP contribution in [-0.2, 0) is 11.2 Å². The predicted octanol–water partition coefficient (Wildman–Crippen LogP) is 2.25. The summed E-state index contributed by atoms with van der Waals surface area (Å²) in [6, 6.07) is 3.28. The zero-order chi connectivity index (χ0) is 12.1. The van der Waals surface area contributed by atoms with Crippen LogP contribution in [-0.4, -0.2) is 22.5 Å². The summed E-state index contributed by atoms with van der Waals surface area (Å²) >= 11 is 1.58. The van der Waals surface area contributed by atoms with E-state index in [0.717, 1.165) is 10.6 Å². The Morgan fingerprint density at radius 3 is 2.82 bits per heavy atom. The zero-order valence-electron chi connectivity index (χ0n) is 9.42. The first kappa shape index (κ1) is 11.7. The van der Waals surface area contributed by atoms with E-state index in [1.54, 1.807) is 41.4 Å². The molecule has 0 aliphatic rings. The van der Waals surface area contributed by atoms with Crippen molar-refractivity contribution in [3.8, 4) is 0 Å². The average molecular weight is 248 g/mol. The first-order valence-electron chi connectivity index (χ1n) is 5.23. The minimum atomic E-state index is -0.311. The molecule has 4 nitrogen and oxygen atoms in total. The molecular formula is C12H12N2O2S. The van der Waals surface area contributed by atoms with Crippen molar-refractivity contribution in [1.29, 1.82) is 0 Å². The number of rotatable bonds is 4. The summed E-state index contributed by atoms with van der Waals surface area (Å²) in [6.45, 7) is 2.33. The van der Waals surface area contributed by atoms with Crippen molar-refractivity contribution in [3.05, 3.63) is 46.2 Å². The lowest BCUT2D eigenvalue weighted by molar-refractivity contribution is 0.0509. The Kier molecular flexibility index (Phi) is 3.82. The molecule has 0 unspecified atom stereocenters. The lowest BCUT2D eigenvalue weighted by atomic mass is 10.3. The van der Waals surface area contributed by atoms with Crippen LogP contribution in [0, 0.1) is 6.92 Å². The minimum absolute atomic E-state index is 0.311. The third-order valence-corrected chi connectivity index (χ3v) is 3.32. The summed E-state index contributed by atoms with van der Waals surface area (Å²) in [5.41, 5.74) is 3.34. The lowest BCUT2D eigenvalue weighted by Gasteiger charge is -2.03. The monoisotopic (exact) mass is 248 g/mol. The molecule has 88 valence electrons. The van der Waals surface area contributed by atoms with E-state index in [-0.39, 0.29) is 5.97 Å². The van der Waals surface area contributed by atoms with Crippen molar-refractivity contribution in [3.63, 3.8) is 0 Å². The quantitative estimate of drug-likeness (QED) is 0.779. The molecule has 5 heteroatoms. The summed E-state index contributed by atoms with van der Waals surface area (Å²) in [5, 5.41) is 0. The highest BCUT2D eigenvalue weighted by Crippen LogP contribution is 2.12. The van der Waals surface area contributed by atoms with Gasteiger partial charge in [-0.2, -0.15) is 0 Å². The molecule has 0 atom stereocenters. The van der Waals surface area contributed by atoms with Crippen molar-refractivity contribution in [2.75, 3.05) is 6.61 Å². The van der Waals surface area contributed by atoms with Crippen LogP contribution >= 0.6 is 11.3 Å². The van der Waals surface area contributed by atoms with Crippen LogP contribution in [0.5, 0.6) is 0 Å². The maximum absolute atomic E-state index is 11.6. The SMILES string of the molecule is Cc1ncsc1CCOC(=O)c1ccncc1. The Morgan fingerprint density at radius 1 is 1.41 bits per heavy atom. The number of aromatic nitrogens is 2. The van der Waals surface area contributed by atoms with Gasteiger partial charge in [0.1, 0.15) is 0 Å². The Hall–Kier alpha value is -1.75. The average Bonchev–Trinajstić information content (AvgIpc) is 2.76. The van der Waals surface area contributed by atoms with Crippen LogP contribution in [0.3, 0.4) is 0 Å². The Bertz CT molecular complexity index is 496. The fourth-order valence-electron chi connectivity index (χ4n) is 1.37. The molecule has 2 aromatic rings. The molecule has 0 aromatic carbocycles. The van der Waals surface area contributed by atoms with Gasteiger partial charge in [0.25, 0.3) is 0 Å². The molecule has 0 radical (unpaired) electrons. The number of pyridine rings is 1. The molecule has 0 aliphatic carbocycles. The molecule has 0 N–H and O–H groups in total. The Labute approximate surface area is 103 Å². The number of nitrogens with zero attached hydrogens (tertiary/aromatic N) is 2. The van der Waals surface area contributed by atoms with E-state index in [1.807, 2.05) is 6.92 Å². The minimum Gasteiger partial charge on any atom is -0.462 e. The van der Waals surface area contributed by atoms with Crippen molar-refractivity contribution >= 4 is 17.3 Å². The van der Waals surface area contributed by atoms with Gasteiger partial charge in [0.15, 0.2) is 0 Å². The summed E-state index contributed by atoms with van der Waals surface area (Å²) in [7, 11) is 0. The number of esters is 1. The van der Waals surface area contributed by atoms with E-state index >= 15 is 0 Å². The fraction of sp³-hybridized carbons (Fsp3) is 0.250. The van der Waals surface area contributed by atoms with Gasteiger partial charge in [-0.1, -0.05) is 0 Å². The van der Waals surface area contributed by atoms with Crippen LogP contribution in [0.15, 0.2) is 30.0 Å². The zero-order valence-corrected chi connectivity index (χ0v) is 10.2. The second-order valence-electron chi connectivity index (χ2n) is 3.48. The number of carbonyl (C=O) groups is 1. The molecule has 0 spiro atoms. The standard InChI is InChI=1S/C12H12N2O2S/c1-9-11(17-8-14-9)4-7-16-12(15)10-2-5-13-6-3-10/h2-3,5-6,8H,4,7H2,1H3. The molecule has 2 heterocycles. The van der Waals surface area contributed by atoms with Crippen LogP contribution in [0.1, 0.15) is 20.9 Å². The first-order valence-corrected chi connectivity index (χ1v) is 6.11. The van der Waals surface area contributed by atoms with Crippen LogP contribution in [0.4, 0.5) is 0 Å². The van der Waals surface area contributed by atoms with E-state index < -0.39 is 0 Å². The van der Waals surface area contributed by atoms with Gasteiger partial charge < -0.3 is 4.74 Å². The fourth-order valence-corrected chi connectivity index (χ4v) is 2.14. The summed E-state index contributed by atoms with van der Waals surface area (Å²) in [5.74, 6) is -0.311. The topological polar surface area (TPSA) is 52.1 Å². The lowest BCUT2D eigenvalue weighted by Crippen LogP contribution is -2.08. The first-order chi connectivity index (χ1) is 8.27. The number of carbonyl (C=O) groups excluding carboxylic acids is 1. The van der Waals surface area contributed by atoms with E-state index in [2.05, 4.69) is 9.97 Å². The van der Waals surface area contributed by atoms with Gasteiger partial charge in [-0.3, -0.25) is 4.98 Å². The molecule has 0 saturated carbocycles. The van der Waals surface area contributed by atoms with E-state index in [1.165, 1.54) is 0 Å². The summed E-state index contributed by atoms with van der Waals surface area (Å²) in [6.07, 6.45) is 3.86. The molecule has 0 aliphatic heterocycles. The number of hydrogen-bond donors (Lipinski definition) is 0. The Morgan fingerprint density at radius 2 is 2.18 bits per heavy atom. The number of hydrogen-bond acceptors (Lipinski definition) is 5. The van der Waals surface area contributed by atoms with Gasteiger partial charge in [-0.05, 0) is 19.1 Å². The normalized spacial score (nSPS) is 10.2. The van der Waals surface area contributed by atoms with Gasteiger partial charge in [0, 0.05) is 23.7 Å². The highest BCUT2D eigenvalue weighted by Gasteiger charge is 2.07. The van der Waals surface area contributed by atoms with Crippen molar-refractivity contribution < 1.29 is 9.53 Å². The molecule has 2 aromatic heterocycles. The van der Waals surface area contributed by atoms with Crippen molar-refractivity contribution in [2.45, 2.75) is 13.3 Å². The molecule has 0 fully saturated rings. The molecule has 0 saturated heterocycles. The molecular weight excluding hydrogens is 236 g/mol. The third kappa shape index (κ3) is 3.10. The molecule has 0 amide bonds. The van der Waals surface area contributed by atoms with Crippen LogP contribution in [0.25, 0.3) is 0 Å². The maximum atomic E-state index is 11.6. The predicted molar refractivity (Wildman–Crippen MR) is 65.1 cm³/mol. The smallest absolute Gasteiger partial charge is 0.338 e. The van der Waals surface area contributed by atoms with E-state index in [0.29, 0.717) is 18.6 Å². The van der Waals surface area contributed by atoms with Gasteiger partial charge in [0.05, 0.1) is 23.4 Å². The summed E-state index contributed by atoms with van der Waals surface area (Å²) in [4.78, 5) is 20.7. The maximum Gasteiger partial charge on any atom is 0.338 e. The van der Waals surface area contributed by atoms with Gasteiger partial charge in [-0.15, -0.1) is 11.3 Å². The molecule has 17 heavy (non-hydrogen) atoms. The van der Waals surface area contributed by atoms with Crippen LogP contribution < -0.4 is 0 Å². The number of ether oxygens (including phenoxy) is 1.